The molecule has 2 atom stereocenters. The Balaban J connectivity index is 1.93. The zero-order valence-electron chi connectivity index (χ0n) is 12.1. The van der Waals surface area contributed by atoms with Crippen LogP contribution in [-0.2, 0) is 11.2 Å². The molecular weight excluding hydrogens is 296 g/mol. The van der Waals surface area contributed by atoms with Gasteiger partial charge in [0.05, 0.1) is 6.04 Å². The molecule has 2 unspecified atom stereocenters. The van der Waals surface area contributed by atoms with E-state index in [0.717, 1.165) is 22.2 Å². The van der Waals surface area contributed by atoms with Crippen molar-refractivity contribution < 1.29 is 9.90 Å². The highest BCUT2D eigenvalue weighted by Crippen LogP contribution is 2.37. The summed E-state index contributed by atoms with van der Waals surface area (Å²) in [5.41, 5.74) is 4.49. The number of hydrogen-bond acceptors (Lipinski definition) is 3. The van der Waals surface area contributed by atoms with Gasteiger partial charge in [-0.3, -0.25) is 10.1 Å². The number of H-pyrrole nitrogens is 1. The second-order valence-corrected chi connectivity index (χ2v) is 6.67. The molecule has 0 fully saturated rings. The number of hydrogen-bond donors (Lipinski definition) is 3. The summed E-state index contributed by atoms with van der Waals surface area (Å²) < 4.78 is 0. The number of aryl methyl sites for hydroxylation is 1. The number of fused-ring (bicyclic) bond motifs is 3. The Morgan fingerprint density at radius 3 is 2.86 bits per heavy atom. The Morgan fingerprint density at radius 2 is 2.14 bits per heavy atom. The zero-order valence-corrected chi connectivity index (χ0v) is 12.9. The van der Waals surface area contributed by atoms with Gasteiger partial charge in [-0.25, -0.2) is 0 Å². The first-order chi connectivity index (χ1) is 10.6. The number of carboxylic acid groups (broad SMARTS) is 1. The molecule has 1 aromatic carbocycles. The molecule has 22 heavy (non-hydrogen) atoms. The van der Waals surface area contributed by atoms with Crippen LogP contribution in [0.4, 0.5) is 0 Å². The lowest BCUT2D eigenvalue weighted by Crippen LogP contribution is -2.44. The average Bonchev–Trinajstić information content (AvgIpc) is 3.09. The van der Waals surface area contributed by atoms with E-state index in [4.69, 9.17) is 0 Å². The van der Waals surface area contributed by atoms with Crippen molar-refractivity contribution in [1.29, 1.82) is 0 Å². The topological polar surface area (TPSA) is 65.1 Å². The molecular formula is C17H16N2O2S. The third kappa shape index (κ3) is 1.97. The number of benzene rings is 1. The molecule has 2 aromatic heterocycles. The SMILES string of the molecule is Cc1ccsc1C1NC(C(=O)O)Cc2c1[nH]c1ccccc21. The van der Waals surface area contributed by atoms with Gasteiger partial charge in [-0.05, 0) is 35.6 Å². The van der Waals surface area contributed by atoms with Gasteiger partial charge in [-0.2, -0.15) is 0 Å². The molecule has 3 N–H and O–H groups in total. The van der Waals surface area contributed by atoms with Gasteiger partial charge in [0.15, 0.2) is 0 Å². The lowest BCUT2D eigenvalue weighted by atomic mass is 9.92. The van der Waals surface area contributed by atoms with Crippen molar-refractivity contribution >= 4 is 28.2 Å². The van der Waals surface area contributed by atoms with Gasteiger partial charge in [0, 0.05) is 27.9 Å². The first kappa shape index (κ1) is 13.5. The molecule has 112 valence electrons. The van der Waals surface area contributed by atoms with Crippen LogP contribution in [0.15, 0.2) is 35.7 Å². The van der Waals surface area contributed by atoms with E-state index >= 15 is 0 Å². The molecule has 4 nitrogen and oxygen atoms in total. The average molecular weight is 312 g/mol. The van der Waals surface area contributed by atoms with E-state index in [1.54, 1.807) is 11.3 Å². The van der Waals surface area contributed by atoms with Crippen LogP contribution in [0.2, 0.25) is 0 Å². The molecule has 4 rings (SSSR count). The minimum atomic E-state index is -0.796. The summed E-state index contributed by atoms with van der Waals surface area (Å²) in [6, 6.07) is 9.54. The highest BCUT2D eigenvalue weighted by molar-refractivity contribution is 7.10. The fraction of sp³-hybridized carbons (Fsp3) is 0.235. The molecule has 0 saturated heterocycles. The first-order valence-electron chi connectivity index (χ1n) is 7.27. The highest BCUT2D eigenvalue weighted by atomic mass is 32.1. The van der Waals surface area contributed by atoms with Crippen molar-refractivity contribution in [2.45, 2.75) is 25.4 Å². The number of aliphatic carboxylic acids is 1. The van der Waals surface area contributed by atoms with E-state index in [1.165, 1.54) is 10.4 Å². The predicted octanol–water partition coefficient (Wildman–Crippen LogP) is 3.23. The molecule has 5 heteroatoms. The van der Waals surface area contributed by atoms with Crippen LogP contribution in [0.3, 0.4) is 0 Å². The van der Waals surface area contributed by atoms with Crippen LogP contribution >= 0.6 is 11.3 Å². The summed E-state index contributed by atoms with van der Waals surface area (Å²) in [4.78, 5) is 16.2. The summed E-state index contributed by atoms with van der Waals surface area (Å²) in [5, 5.41) is 16.0. The van der Waals surface area contributed by atoms with Gasteiger partial charge in [-0.1, -0.05) is 18.2 Å². The second kappa shape index (κ2) is 4.97. The van der Waals surface area contributed by atoms with Gasteiger partial charge >= 0.3 is 5.97 Å². The summed E-state index contributed by atoms with van der Waals surface area (Å²) in [6.45, 7) is 2.07. The Morgan fingerprint density at radius 1 is 1.32 bits per heavy atom. The molecule has 3 aromatic rings. The number of aromatic nitrogens is 1. The number of nitrogens with one attached hydrogen (secondary N) is 2. The van der Waals surface area contributed by atoms with Crippen molar-refractivity contribution in [1.82, 2.24) is 10.3 Å². The van der Waals surface area contributed by atoms with Gasteiger partial charge in [-0.15, -0.1) is 11.3 Å². The normalized spacial score (nSPS) is 21.0. The number of rotatable bonds is 2. The fourth-order valence-corrected chi connectivity index (χ4v) is 4.28. The lowest BCUT2D eigenvalue weighted by molar-refractivity contribution is -0.139. The predicted molar refractivity (Wildman–Crippen MR) is 87.5 cm³/mol. The third-order valence-corrected chi connectivity index (χ3v) is 5.46. The number of aromatic amines is 1. The summed E-state index contributed by atoms with van der Waals surface area (Å²) >= 11 is 1.67. The smallest absolute Gasteiger partial charge is 0.321 e. The maximum atomic E-state index is 11.6. The van der Waals surface area contributed by atoms with Crippen molar-refractivity contribution in [2.24, 2.45) is 0 Å². The largest absolute Gasteiger partial charge is 0.480 e. The van der Waals surface area contributed by atoms with Crippen molar-refractivity contribution in [2.75, 3.05) is 0 Å². The van der Waals surface area contributed by atoms with Crippen molar-refractivity contribution in [3.05, 3.63) is 57.4 Å². The van der Waals surface area contributed by atoms with E-state index in [9.17, 15) is 9.90 Å². The van der Waals surface area contributed by atoms with Crippen molar-refractivity contribution in [3.63, 3.8) is 0 Å². The van der Waals surface area contributed by atoms with E-state index in [-0.39, 0.29) is 6.04 Å². The maximum Gasteiger partial charge on any atom is 0.321 e. The summed E-state index contributed by atoms with van der Waals surface area (Å²) in [7, 11) is 0. The van der Waals surface area contributed by atoms with Crippen molar-refractivity contribution in [3.8, 4) is 0 Å². The Hall–Kier alpha value is -2.11. The number of thiophene rings is 1. The Kier molecular flexibility index (Phi) is 3.06. The quantitative estimate of drug-likeness (QED) is 0.681. The molecule has 3 heterocycles. The molecule has 1 aliphatic rings. The summed E-state index contributed by atoms with van der Waals surface area (Å²) in [6.07, 6.45) is 0.510. The van der Waals surface area contributed by atoms with E-state index in [1.807, 2.05) is 18.2 Å². The molecule has 0 radical (unpaired) electrons. The molecule has 0 bridgehead atoms. The van der Waals surface area contributed by atoms with E-state index in [0.29, 0.717) is 6.42 Å². The number of para-hydroxylation sites is 1. The van der Waals surface area contributed by atoms with Gasteiger partial charge < -0.3 is 10.1 Å². The summed E-state index contributed by atoms with van der Waals surface area (Å²) in [5.74, 6) is -0.796. The van der Waals surface area contributed by atoms with Gasteiger partial charge in [0.25, 0.3) is 0 Å². The monoisotopic (exact) mass is 312 g/mol. The minimum Gasteiger partial charge on any atom is -0.480 e. The number of carbonyl (C=O) groups is 1. The van der Waals surface area contributed by atoms with Crippen LogP contribution in [0.25, 0.3) is 10.9 Å². The molecule has 0 spiro atoms. The van der Waals surface area contributed by atoms with Crippen LogP contribution in [0.1, 0.15) is 27.7 Å². The second-order valence-electron chi connectivity index (χ2n) is 5.73. The Bertz CT molecular complexity index is 865. The van der Waals surface area contributed by atoms with Crippen LogP contribution in [-0.4, -0.2) is 22.1 Å². The van der Waals surface area contributed by atoms with Gasteiger partial charge in [0.2, 0.25) is 0 Å². The lowest BCUT2D eigenvalue weighted by Gasteiger charge is -2.29. The minimum absolute atomic E-state index is 0.0859. The molecule has 0 amide bonds. The highest BCUT2D eigenvalue weighted by Gasteiger charge is 2.34. The van der Waals surface area contributed by atoms with Gasteiger partial charge in [0.1, 0.15) is 6.04 Å². The standard InChI is InChI=1S/C17H16N2O2S/c1-9-6-7-22-16(9)15-14-11(8-13(19-15)17(20)21)10-4-2-3-5-12(10)18-14/h2-7,13,15,18-19H,8H2,1H3,(H,20,21). The van der Waals surface area contributed by atoms with E-state index < -0.39 is 12.0 Å². The molecule has 0 aliphatic carbocycles. The maximum absolute atomic E-state index is 11.6. The Labute approximate surface area is 131 Å². The van der Waals surface area contributed by atoms with Crippen LogP contribution < -0.4 is 5.32 Å². The zero-order chi connectivity index (χ0) is 15.3. The first-order valence-corrected chi connectivity index (χ1v) is 8.15. The third-order valence-electron chi connectivity index (χ3n) is 4.37. The molecule has 0 saturated carbocycles. The number of carboxylic acids is 1. The molecule has 1 aliphatic heterocycles. The van der Waals surface area contributed by atoms with Crippen LogP contribution in [0.5, 0.6) is 0 Å². The van der Waals surface area contributed by atoms with E-state index in [2.05, 4.69) is 34.7 Å². The fourth-order valence-electron chi connectivity index (χ4n) is 3.28. The van der Waals surface area contributed by atoms with Crippen LogP contribution in [0, 0.1) is 6.92 Å².